The van der Waals surface area contributed by atoms with E-state index in [9.17, 15) is 14.4 Å². The lowest BCUT2D eigenvalue weighted by atomic mass is 9.93. The Labute approximate surface area is 181 Å². The maximum absolute atomic E-state index is 13.0. The van der Waals surface area contributed by atoms with Crippen LogP contribution in [0.15, 0.2) is 52.2 Å². The molecular formula is C24H29N3O4. The number of carbonyl (C=O) groups excluding carboxylic acids is 2. The van der Waals surface area contributed by atoms with Crippen molar-refractivity contribution in [3.05, 3.63) is 70.1 Å². The first kappa shape index (κ1) is 21.2. The third-order valence-electron chi connectivity index (χ3n) is 6.24. The molecule has 2 heterocycles. The Morgan fingerprint density at radius 2 is 1.90 bits per heavy atom. The van der Waals surface area contributed by atoms with Crippen LogP contribution in [-0.2, 0) is 6.54 Å². The average Bonchev–Trinajstić information content (AvgIpc) is 3.52. The molecule has 0 aliphatic heterocycles. The number of carbonyl (C=O) groups is 2. The quantitative estimate of drug-likeness (QED) is 0.479. The summed E-state index contributed by atoms with van der Waals surface area (Å²) in [5.74, 6) is 1.31. The van der Waals surface area contributed by atoms with Crippen LogP contribution >= 0.6 is 0 Å². The van der Waals surface area contributed by atoms with Crippen molar-refractivity contribution in [1.82, 2.24) is 15.2 Å². The van der Waals surface area contributed by atoms with Crippen molar-refractivity contribution in [1.29, 1.82) is 0 Å². The summed E-state index contributed by atoms with van der Waals surface area (Å²) in [5, 5.41) is 5.70. The van der Waals surface area contributed by atoms with E-state index in [0.717, 1.165) is 25.7 Å². The summed E-state index contributed by atoms with van der Waals surface area (Å²) in [5.41, 5.74) is -0.596. The van der Waals surface area contributed by atoms with E-state index in [4.69, 9.17) is 4.42 Å². The molecule has 0 spiro atoms. The number of hydrogen-bond donors (Lipinski definition) is 2. The van der Waals surface area contributed by atoms with Gasteiger partial charge in [0.2, 0.25) is 5.43 Å². The van der Waals surface area contributed by atoms with Crippen molar-refractivity contribution in [3.8, 4) is 0 Å². The molecule has 7 nitrogen and oxygen atoms in total. The maximum atomic E-state index is 13.0. The van der Waals surface area contributed by atoms with Gasteiger partial charge in [-0.1, -0.05) is 25.5 Å². The summed E-state index contributed by atoms with van der Waals surface area (Å²) in [6.45, 7) is 3.37. The molecule has 31 heavy (non-hydrogen) atoms. The maximum Gasteiger partial charge on any atom is 0.256 e. The molecule has 164 valence electrons. The molecule has 2 bridgehead atoms. The highest BCUT2D eigenvalue weighted by Crippen LogP contribution is 2.42. The number of nitrogens with zero attached hydrogens (tertiary/aromatic N) is 1. The number of hydrogen-bond acceptors (Lipinski definition) is 4. The van der Waals surface area contributed by atoms with Crippen LogP contribution in [0.3, 0.4) is 0 Å². The molecule has 0 unspecified atom stereocenters. The Balaban J connectivity index is 1.54. The number of fused-ring (bicyclic) bond motifs is 2. The van der Waals surface area contributed by atoms with E-state index >= 15 is 0 Å². The van der Waals surface area contributed by atoms with Crippen LogP contribution in [0.25, 0.3) is 0 Å². The van der Waals surface area contributed by atoms with E-state index in [2.05, 4.69) is 22.8 Å². The van der Waals surface area contributed by atoms with Crippen LogP contribution in [0.1, 0.15) is 59.1 Å². The zero-order valence-electron chi connectivity index (χ0n) is 17.8. The number of furan rings is 1. The van der Waals surface area contributed by atoms with E-state index in [0.29, 0.717) is 43.1 Å². The summed E-state index contributed by atoms with van der Waals surface area (Å²) in [6.07, 6.45) is 13.0. The third kappa shape index (κ3) is 4.81. The van der Waals surface area contributed by atoms with Gasteiger partial charge in [0.25, 0.3) is 11.8 Å². The molecular weight excluding hydrogens is 394 g/mol. The molecule has 7 heteroatoms. The number of amides is 2. The first-order valence-corrected chi connectivity index (χ1v) is 11.1. The van der Waals surface area contributed by atoms with Gasteiger partial charge >= 0.3 is 0 Å². The van der Waals surface area contributed by atoms with Gasteiger partial charge in [0.05, 0.1) is 12.8 Å². The minimum atomic E-state index is -0.546. The minimum absolute atomic E-state index is 0.0200. The summed E-state index contributed by atoms with van der Waals surface area (Å²) in [4.78, 5) is 38.6. The van der Waals surface area contributed by atoms with Crippen LogP contribution in [0, 0.1) is 17.8 Å². The lowest BCUT2D eigenvalue weighted by Gasteiger charge is -2.18. The largest absolute Gasteiger partial charge is 0.467 e. The van der Waals surface area contributed by atoms with E-state index in [-0.39, 0.29) is 11.1 Å². The second kappa shape index (κ2) is 9.37. The number of unbranched alkanes of at least 4 members (excludes halogenated alkanes) is 1. The van der Waals surface area contributed by atoms with Gasteiger partial charge in [-0.05, 0) is 49.1 Å². The lowest BCUT2D eigenvalue weighted by Crippen LogP contribution is -2.37. The molecule has 2 aromatic rings. The fourth-order valence-electron chi connectivity index (χ4n) is 4.55. The highest BCUT2D eigenvalue weighted by atomic mass is 16.3. The Hall–Kier alpha value is -3.09. The van der Waals surface area contributed by atoms with Crippen molar-refractivity contribution >= 4 is 11.8 Å². The Kier molecular flexibility index (Phi) is 6.39. The normalized spacial score (nSPS) is 21.4. The lowest BCUT2D eigenvalue weighted by molar-refractivity contribution is 0.0943. The summed E-state index contributed by atoms with van der Waals surface area (Å²) in [7, 11) is 0. The van der Waals surface area contributed by atoms with Crippen LogP contribution < -0.4 is 16.1 Å². The molecule has 2 aliphatic carbocycles. The molecule has 0 aromatic carbocycles. The van der Waals surface area contributed by atoms with E-state index in [1.165, 1.54) is 12.4 Å². The number of pyridine rings is 1. The van der Waals surface area contributed by atoms with Crippen LogP contribution in [0.2, 0.25) is 0 Å². The summed E-state index contributed by atoms with van der Waals surface area (Å²) < 4.78 is 7.04. The predicted molar refractivity (Wildman–Crippen MR) is 117 cm³/mol. The summed E-state index contributed by atoms with van der Waals surface area (Å²) in [6, 6.07) is 3.58. The molecule has 2 aromatic heterocycles. The summed E-state index contributed by atoms with van der Waals surface area (Å²) >= 11 is 0. The molecule has 3 atom stereocenters. The van der Waals surface area contributed by atoms with Crippen molar-refractivity contribution in [2.24, 2.45) is 17.8 Å². The van der Waals surface area contributed by atoms with Gasteiger partial charge in [-0.2, -0.15) is 0 Å². The third-order valence-corrected chi connectivity index (χ3v) is 6.24. The topological polar surface area (TPSA) is 93.3 Å². The minimum Gasteiger partial charge on any atom is -0.467 e. The molecule has 4 rings (SSSR count). The van der Waals surface area contributed by atoms with E-state index < -0.39 is 17.2 Å². The molecule has 1 saturated carbocycles. The van der Waals surface area contributed by atoms with Crippen LogP contribution in [-0.4, -0.2) is 29.5 Å². The van der Waals surface area contributed by atoms with Gasteiger partial charge < -0.3 is 19.6 Å². The molecule has 2 N–H and O–H groups in total. The monoisotopic (exact) mass is 423 g/mol. The van der Waals surface area contributed by atoms with Gasteiger partial charge in [-0.25, -0.2) is 0 Å². The first-order valence-electron chi connectivity index (χ1n) is 11.1. The number of aromatic nitrogens is 1. The van der Waals surface area contributed by atoms with Gasteiger partial charge in [0.1, 0.15) is 16.9 Å². The smallest absolute Gasteiger partial charge is 0.256 e. The van der Waals surface area contributed by atoms with Crippen molar-refractivity contribution in [3.63, 3.8) is 0 Å². The fraction of sp³-hybridized carbons (Fsp3) is 0.458. The van der Waals surface area contributed by atoms with Gasteiger partial charge in [0.15, 0.2) is 0 Å². The van der Waals surface area contributed by atoms with Crippen molar-refractivity contribution in [2.75, 3.05) is 13.1 Å². The average molecular weight is 424 g/mol. The SMILES string of the molecule is CCCCNC(=O)c1cn(Cc2ccco2)cc(C(=O)NC[C@H]2C[C@@H]3C=C[C@H]2C3)c1=O. The van der Waals surface area contributed by atoms with Gasteiger partial charge in [-0.3, -0.25) is 14.4 Å². The second-order valence-corrected chi connectivity index (χ2v) is 8.53. The molecule has 2 aliphatic rings. The molecule has 0 radical (unpaired) electrons. The zero-order valence-corrected chi connectivity index (χ0v) is 17.8. The fourth-order valence-corrected chi connectivity index (χ4v) is 4.55. The molecule has 1 fully saturated rings. The standard InChI is InChI=1S/C24H29N3O4/c1-2-3-8-25-23(29)20-14-27(13-19-5-4-9-31-19)15-21(22(20)28)24(30)26-12-18-11-16-6-7-17(18)10-16/h4-7,9,14-18H,2-3,8,10-13H2,1H3,(H,25,29)(H,26,30)/t16-,17+,18-/m1/s1. The molecule has 2 amide bonds. The highest BCUT2D eigenvalue weighted by molar-refractivity contribution is 5.99. The van der Waals surface area contributed by atoms with Gasteiger partial charge in [-0.15, -0.1) is 0 Å². The Bertz CT molecular complexity index is 1020. The van der Waals surface area contributed by atoms with Gasteiger partial charge in [0, 0.05) is 25.5 Å². The number of rotatable bonds is 9. The predicted octanol–water partition coefficient (Wildman–Crippen LogP) is 2.96. The van der Waals surface area contributed by atoms with Crippen molar-refractivity contribution in [2.45, 2.75) is 39.2 Å². The first-order chi connectivity index (χ1) is 15.0. The van der Waals surface area contributed by atoms with Crippen molar-refractivity contribution < 1.29 is 14.0 Å². The highest BCUT2D eigenvalue weighted by Gasteiger charge is 2.35. The zero-order chi connectivity index (χ0) is 21.8. The number of allylic oxidation sites excluding steroid dienone is 2. The Morgan fingerprint density at radius 3 is 2.52 bits per heavy atom. The van der Waals surface area contributed by atoms with Crippen LogP contribution in [0.4, 0.5) is 0 Å². The Morgan fingerprint density at radius 1 is 1.13 bits per heavy atom. The second-order valence-electron chi connectivity index (χ2n) is 8.53. The number of nitrogens with one attached hydrogen (secondary N) is 2. The molecule has 0 saturated heterocycles. The van der Waals surface area contributed by atoms with E-state index in [1.54, 1.807) is 16.9 Å². The van der Waals surface area contributed by atoms with E-state index in [1.807, 2.05) is 13.0 Å². The van der Waals surface area contributed by atoms with Crippen LogP contribution in [0.5, 0.6) is 0 Å².